The predicted octanol–water partition coefficient (Wildman–Crippen LogP) is 6.43. The van der Waals surface area contributed by atoms with E-state index in [4.69, 9.17) is 21.7 Å². The van der Waals surface area contributed by atoms with Crippen molar-refractivity contribution in [3.63, 3.8) is 0 Å². The Kier molecular flexibility index (Phi) is 11.5. The molecule has 0 aromatic heterocycles. The first-order valence-corrected chi connectivity index (χ1v) is 14.5. The molecule has 0 bridgehead atoms. The van der Waals surface area contributed by atoms with Crippen LogP contribution in [-0.2, 0) is 41.2 Å². The fraction of sp³-hybridized carbons (Fsp3) is 0.200. The van der Waals surface area contributed by atoms with Gasteiger partial charge in [-0.15, -0.1) is 0 Å². The summed E-state index contributed by atoms with van der Waals surface area (Å²) in [5, 5.41) is 6.07. The van der Waals surface area contributed by atoms with E-state index in [1.54, 1.807) is 18.2 Å². The number of nitrogens with zero attached hydrogens (tertiary/aromatic N) is 2. The molecule has 0 atom stereocenters. The topological polar surface area (TPSA) is 118 Å². The molecule has 228 valence electrons. The van der Waals surface area contributed by atoms with Gasteiger partial charge in [-0.25, -0.2) is 24.4 Å². The van der Waals surface area contributed by atoms with E-state index >= 15 is 0 Å². The zero-order valence-electron chi connectivity index (χ0n) is 24.9. The fourth-order valence-electron chi connectivity index (χ4n) is 4.60. The van der Waals surface area contributed by atoms with Gasteiger partial charge in [0.25, 0.3) is 5.17 Å². The summed E-state index contributed by atoms with van der Waals surface area (Å²) in [7, 11) is 0. The summed E-state index contributed by atoms with van der Waals surface area (Å²) in [5.74, 6) is 1.03. The summed E-state index contributed by atoms with van der Waals surface area (Å²) in [4.78, 5) is 40.3. The zero-order chi connectivity index (χ0) is 32.1. The highest BCUT2D eigenvalue weighted by molar-refractivity contribution is 7.80. The van der Waals surface area contributed by atoms with Crippen LogP contribution in [0, 0.1) is 0 Å². The van der Waals surface area contributed by atoms with Crippen molar-refractivity contribution in [2.75, 3.05) is 0 Å². The van der Waals surface area contributed by atoms with Gasteiger partial charge in [0.15, 0.2) is 0 Å². The second kappa shape index (κ2) is 15.9. The van der Waals surface area contributed by atoms with Crippen LogP contribution in [0.25, 0.3) is 0 Å². The summed E-state index contributed by atoms with van der Waals surface area (Å²) in [6.07, 6.45) is 2.50. The van der Waals surface area contributed by atoms with Gasteiger partial charge in [0.05, 0.1) is 13.1 Å². The van der Waals surface area contributed by atoms with Gasteiger partial charge in [-0.3, -0.25) is 0 Å². The Bertz CT molecular complexity index is 1600. The maximum absolute atomic E-state index is 12.4. The number of amides is 1. The van der Waals surface area contributed by atoms with Crippen LogP contribution in [-0.4, -0.2) is 23.4 Å². The smallest absolute Gasteiger partial charge is 0.412 e. The average Bonchev–Trinajstić information content (AvgIpc) is 3.05. The zero-order valence-corrected chi connectivity index (χ0v) is 25.7. The molecule has 0 unspecified atom stereocenters. The van der Waals surface area contributed by atoms with Gasteiger partial charge in [0.1, 0.15) is 11.5 Å². The molecule has 2 N–H and O–H groups in total. The van der Waals surface area contributed by atoms with Gasteiger partial charge in [-0.1, -0.05) is 86.6 Å². The number of aliphatic imine (C=N–C) groups is 2. The number of carbonyl (C=O) groups excluding carboxylic acids is 3. The molecule has 1 amide bonds. The van der Waals surface area contributed by atoms with E-state index in [1.807, 2.05) is 84.9 Å². The van der Waals surface area contributed by atoms with Crippen LogP contribution in [0.1, 0.15) is 47.2 Å². The van der Waals surface area contributed by atoms with Gasteiger partial charge in [0, 0.05) is 18.5 Å². The Hall–Kier alpha value is -5.40. The predicted molar refractivity (Wildman–Crippen MR) is 174 cm³/mol. The maximum atomic E-state index is 12.4. The van der Waals surface area contributed by atoms with Crippen LogP contribution < -0.4 is 20.1 Å². The van der Waals surface area contributed by atoms with Crippen LogP contribution in [0.15, 0.2) is 107 Å². The van der Waals surface area contributed by atoms with Crippen molar-refractivity contribution in [2.24, 2.45) is 9.98 Å². The summed E-state index contributed by atoms with van der Waals surface area (Å²) in [6, 6.07) is 30.2. The first-order chi connectivity index (χ1) is 21.8. The van der Waals surface area contributed by atoms with Crippen LogP contribution in [0.4, 0.5) is 4.79 Å². The Morgan fingerprint density at radius 2 is 1.13 bits per heavy atom. The lowest BCUT2D eigenvalue weighted by Gasteiger charge is -2.26. The van der Waals surface area contributed by atoms with Crippen molar-refractivity contribution < 1.29 is 23.9 Å². The molecule has 0 heterocycles. The number of isocyanates is 2. The minimum absolute atomic E-state index is 0.243. The number of thiocarbonyl (C=S) groups is 1. The molecule has 0 spiro atoms. The molecule has 0 aliphatic heterocycles. The number of benzene rings is 4. The highest BCUT2D eigenvalue weighted by Gasteiger charge is 2.23. The minimum Gasteiger partial charge on any atom is -0.432 e. The molecule has 4 aromatic rings. The van der Waals surface area contributed by atoms with E-state index in [-0.39, 0.29) is 30.2 Å². The van der Waals surface area contributed by atoms with Crippen LogP contribution in [0.5, 0.6) is 11.5 Å². The minimum atomic E-state index is -0.570. The van der Waals surface area contributed by atoms with Gasteiger partial charge in [0.2, 0.25) is 12.2 Å². The van der Waals surface area contributed by atoms with E-state index in [0.717, 1.165) is 33.4 Å². The number of hydrogen-bond acceptors (Lipinski definition) is 8. The molecule has 0 radical (unpaired) electrons. The van der Waals surface area contributed by atoms with E-state index in [2.05, 4.69) is 34.5 Å². The summed E-state index contributed by atoms with van der Waals surface area (Å²) < 4.78 is 11.3. The van der Waals surface area contributed by atoms with Gasteiger partial charge < -0.3 is 20.1 Å². The van der Waals surface area contributed by atoms with Gasteiger partial charge in [-0.05, 0) is 69.9 Å². The molecule has 10 heteroatoms. The lowest BCUT2D eigenvalue weighted by atomic mass is 9.78. The van der Waals surface area contributed by atoms with Crippen molar-refractivity contribution in [1.29, 1.82) is 0 Å². The van der Waals surface area contributed by atoms with Crippen molar-refractivity contribution in [3.05, 3.63) is 130 Å². The van der Waals surface area contributed by atoms with Crippen LogP contribution in [0.3, 0.4) is 0 Å². The van der Waals surface area contributed by atoms with Crippen LogP contribution in [0.2, 0.25) is 0 Å². The second-order valence-electron chi connectivity index (χ2n) is 10.6. The molecule has 0 saturated carbocycles. The van der Waals surface area contributed by atoms with Crippen molar-refractivity contribution in [3.8, 4) is 11.5 Å². The lowest BCUT2D eigenvalue weighted by Crippen LogP contribution is -2.26. The fourth-order valence-corrected chi connectivity index (χ4v) is 4.77. The number of carbonyl (C=O) groups is 1. The lowest BCUT2D eigenvalue weighted by molar-refractivity contribution is 0.200. The molecular formula is C35H32N4O5S. The van der Waals surface area contributed by atoms with E-state index in [1.165, 1.54) is 6.08 Å². The number of hydrogen-bond donors (Lipinski definition) is 2. The summed E-state index contributed by atoms with van der Waals surface area (Å²) in [5.41, 5.74) is 5.38. The first kappa shape index (κ1) is 32.5. The highest BCUT2D eigenvalue weighted by Crippen LogP contribution is 2.33. The Morgan fingerprint density at radius 1 is 0.689 bits per heavy atom. The molecule has 0 aliphatic rings. The third-order valence-electron chi connectivity index (χ3n) is 7.08. The van der Waals surface area contributed by atoms with Gasteiger partial charge in [-0.2, -0.15) is 0 Å². The van der Waals surface area contributed by atoms with Crippen LogP contribution >= 0.6 is 12.2 Å². The average molecular weight is 621 g/mol. The number of ether oxygens (including phenoxy) is 2. The largest absolute Gasteiger partial charge is 0.432 e. The maximum Gasteiger partial charge on any atom is 0.412 e. The standard InChI is InChI=1S/C35H32N4O5S/c1-35(2,29-9-13-31(14-10-29)43-33(42)38-21-27-7-3-5-25(17-27)19-36-23-40)30-11-15-32(16-12-30)44-34(45)39-22-28-8-4-6-26(18-28)20-37-24-41/h3-18H,19-22H2,1-2H3,(H,38,42)(H,39,45). The normalized spacial score (nSPS) is 10.5. The van der Waals surface area contributed by atoms with Crippen molar-refractivity contribution >= 4 is 35.6 Å². The Labute approximate surface area is 267 Å². The number of nitrogens with one attached hydrogen (secondary N) is 2. The second-order valence-corrected chi connectivity index (χ2v) is 11.0. The molecule has 0 saturated heterocycles. The highest BCUT2D eigenvalue weighted by atomic mass is 32.1. The third-order valence-corrected chi connectivity index (χ3v) is 7.31. The monoisotopic (exact) mass is 620 g/mol. The molecule has 9 nitrogen and oxygen atoms in total. The Balaban J connectivity index is 1.28. The van der Waals surface area contributed by atoms with E-state index in [9.17, 15) is 14.4 Å². The molecule has 45 heavy (non-hydrogen) atoms. The molecule has 4 rings (SSSR count). The Morgan fingerprint density at radius 3 is 1.62 bits per heavy atom. The summed E-state index contributed by atoms with van der Waals surface area (Å²) >= 11 is 5.36. The molecule has 0 aliphatic carbocycles. The van der Waals surface area contributed by atoms with Crippen molar-refractivity contribution in [1.82, 2.24) is 10.6 Å². The van der Waals surface area contributed by atoms with E-state index in [0.29, 0.717) is 18.0 Å². The SMILES string of the molecule is CC(C)(c1ccc(OC(=O)NCc2cccc(CN=C=O)c2)cc1)c1ccc(OC(=S)NCc2cccc(CN=C=O)c2)cc1. The third kappa shape index (κ3) is 9.81. The molecular weight excluding hydrogens is 588 g/mol. The molecule has 0 fully saturated rings. The summed E-state index contributed by atoms with van der Waals surface area (Å²) in [6.45, 7) is 5.50. The molecule has 4 aromatic carbocycles. The first-order valence-electron chi connectivity index (χ1n) is 14.1. The van der Waals surface area contributed by atoms with Crippen molar-refractivity contribution in [2.45, 2.75) is 45.4 Å². The quantitative estimate of drug-likeness (QED) is 0.107. The number of rotatable bonds is 12. The van der Waals surface area contributed by atoms with Gasteiger partial charge >= 0.3 is 6.09 Å². The van der Waals surface area contributed by atoms with E-state index < -0.39 is 6.09 Å².